The standard InChI is InChI=1S/C12H17F3N2S2/c13-12(14,15)11-9(6-16)19-10(17-11)7-18-8-4-2-1-3-5-8/h8H,1-7,16H2. The lowest BCUT2D eigenvalue weighted by molar-refractivity contribution is -0.141. The zero-order valence-corrected chi connectivity index (χ0v) is 12.1. The summed E-state index contributed by atoms with van der Waals surface area (Å²) >= 11 is 2.83. The quantitative estimate of drug-likeness (QED) is 0.906. The van der Waals surface area contributed by atoms with Crippen LogP contribution in [0.25, 0.3) is 0 Å². The summed E-state index contributed by atoms with van der Waals surface area (Å²) in [5, 5.41) is 1.12. The molecule has 0 unspecified atom stereocenters. The van der Waals surface area contributed by atoms with Crippen molar-refractivity contribution < 1.29 is 13.2 Å². The molecule has 1 aliphatic rings. The Morgan fingerprint density at radius 2 is 1.95 bits per heavy atom. The maximum atomic E-state index is 12.7. The number of halogens is 3. The molecule has 1 fully saturated rings. The van der Waals surface area contributed by atoms with E-state index in [1.807, 2.05) is 0 Å². The monoisotopic (exact) mass is 310 g/mol. The van der Waals surface area contributed by atoms with E-state index in [0.717, 1.165) is 11.3 Å². The van der Waals surface area contributed by atoms with Gasteiger partial charge in [0.15, 0.2) is 5.69 Å². The second-order valence-electron chi connectivity index (χ2n) is 4.65. The molecule has 1 heterocycles. The third-order valence-corrected chi connectivity index (χ3v) is 5.83. The van der Waals surface area contributed by atoms with Gasteiger partial charge in [0.2, 0.25) is 0 Å². The molecule has 0 radical (unpaired) electrons. The molecule has 0 saturated heterocycles. The van der Waals surface area contributed by atoms with Gasteiger partial charge in [-0.3, -0.25) is 0 Å². The van der Waals surface area contributed by atoms with Crippen molar-refractivity contribution in [2.24, 2.45) is 5.73 Å². The Morgan fingerprint density at radius 1 is 1.26 bits per heavy atom. The highest BCUT2D eigenvalue weighted by Crippen LogP contribution is 2.36. The number of hydrogen-bond acceptors (Lipinski definition) is 4. The largest absolute Gasteiger partial charge is 0.434 e. The van der Waals surface area contributed by atoms with Gasteiger partial charge in [-0.1, -0.05) is 19.3 Å². The van der Waals surface area contributed by atoms with E-state index in [0.29, 0.717) is 16.0 Å². The molecule has 2 rings (SSSR count). The molecule has 1 aliphatic carbocycles. The van der Waals surface area contributed by atoms with Crippen LogP contribution in [0.15, 0.2) is 0 Å². The molecule has 0 aromatic carbocycles. The van der Waals surface area contributed by atoms with Crippen LogP contribution in [0.1, 0.15) is 47.7 Å². The summed E-state index contributed by atoms with van der Waals surface area (Å²) in [6.45, 7) is -0.0966. The van der Waals surface area contributed by atoms with Crippen molar-refractivity contribution in [1.82, 2.24) is 4.98 Å². The smallest absolute Gasteiger partial charge is 0.326 e. The number of nitrogens with zero attached hydrogens (tertiary/aromatic N) is 1. The Hall–Kier alpha value is -0.270. The molecule has 1 aromatic rings. The van der Waals surface area contributed by atoms with E-state index in [2.05, 4.69) is 4.98 Å². The summed E-state index contributed by atoms with van der Waals surface area (Å²) in [7, 11) is 0. The Bertz CT molecular complexity index is 412. The number of alkyl halides is 3. The average Bonchev–Trinajstić information content (AvgIpc) is 2.81. The van der Waals surface area contributed by atoms with Crippen molar-refractivity contribution in [3.63, 3.8) is 0 Å². The van der Waals surface area contributed by atoms with Gasteiger partial charge in [-0.15, -0.1) is 11.3 Å². The number of aromatic nitrogens is 1. The van der Waals surface area contributed by atoms with Crippen LogP contribution in [-0.4, -0.2) is 10.2 Å². The Kier molecular flexibility index (Phi) is 5.14. The molecule has 1 aromatic heterocycles. The van der Waals surface area contributed by atoms with Crippen LogP contribution < -0.4 is 5.73 Å². The zero-order valence-electron chi connectivity index (χ0n) is 10.5. The van der Waals surface area contributed by atoms with Crippen LogP contribution in [0.4, 0.5) is 13.2 Å². The normalized spacial score (nSPS) is 17.9. The SMILES string of the molecule is NCc1sc(CSC2CCCCC2)nc1C(F)(F)F. The number of rotatable bonds is 4. The molecule has 2 nitrogen and oxygen atoms in total. The molecule has 0 amide bonds. The highest BCUT2D eigenvalue weighted by Gasteiger charge is 2.37. The third-order valence-electron chi connectivity index (χ3n) is 3.19. The Balaban J connectivity index is 1.98. The molecule has 0 aliphatic heterocycles. The minimum atomic E-state index is -4.39. The highest BCUT2D eigenvalue weighted by atomic mass is 32.2. The van der Waals surface area contributed by atoms with Crippen LogP contribution >= 0.6 is 23.1 Å². The first-order valence-electron chi connectivity index (χ1n) is 6.38. The molecule has 0 spiro atoms. The first kappa shape index (κ1) is 15.1. The fraction of sp³-hybridized carbons (Fsp3) is 0.750. The zero-order chi connectivity index (χ0) is 13.9. The van der Waals surface area contributed by atoms with Crippen molar-refractivity contribution in [2.45, 2.75) is 55.8 Å². The summed E-state index contributed by atoms with van der Waals surface area (Å²) < 4.78 is 38.2. The van der Waals surface area contributed by atoms with Gasteiger partial charge in [-0.05, 0) is 12.8 Å². The minimum absolute atomic E-state index is 0.0966. The minimum Gasteiger partial charge on any atom is -0.326 e. The van der Waals surface area contributed by atoms with Crippen LogP contribution in [-0.2, 0) is 18.5 Å². The van der Waals surface area contributed by atoms with Crippen LogP contribution in [0.2, 0.25) is 0 Å². The molecular weight excluding hydrogens is 293 g/mol. The van der Waals surface area contributed by atoms with Gasteiger partial charge in [0.1, 0.15) is 5.01 Å². The van der Waals surface area contributed by atoms with Gasteiger partial charge < -0.3 is 5.73 Å². The van der Waals surface area contributed by atoms with E-state index in [1.165, 1.54) is 32.1 Å². The van der Waals surface area contributed by atoms with Crippen LogP contribution in [0.5, 0.6) is 0 Å². The average molecular weight is 310 g/mol. The molecule has 0 atom stereocenters. The van der Waals surface area contributed by atoms with Crippen molar-refractivity contribution in [3.8, 4) is 0 Å². The summed E-state index contributed by atoms with van der Waals surface area (Å²) in [5.41, 5.74) is 4.57. The first-order valence-corrected chi connectivity index (χ1v) is 8.24. The van der Waals surface area contributed by atoms with Gasteiger partial charge in [0, 0.05) is 17.5 Å². The number of nitrogens with two attached hydrogens (primary N) is 1. The summed E-state index contributed by atoms with van der Waals surface area (Å²) in [6.07, 6.45) is 1.70. The number of thioether (sulfide) groups is 1. The molecule has 7 heteroatoms. The topological polar surface area (TPSA) is 38.9 Å². The molecule has 1 saturated carbocycles. The predicted octanol–water partition coefficient (Wildman–Crippen LogP) is 4.19. The summed E-state index contributed by atoms with van der Waals surface area (Å²) in [5.74, 6) is 0.568. The van der Waals surface area contributed by atoms with Gasteiger partial charge in [0.25, 0.3) is 0 Å². The highest BCUT2D eigenvalue weighted by molar-refractivity contribution is 7.99. The van der Waals surface area contributed by atoms with E-state index < -0.39 is 11.9 Å². The third kappa shape index (κ3) is 4.10. The second-order valence-corrected chi connectivity index (χ2v) is 7.11. The van der Waals surface area contributed by atoms with E-state index in [-0.39, 0.29) is 11.4 Å². The maximum Gasteiger partial charge on any atom is 0.434 e. The fourth-order valence-electron chi connectivity index (χ4n) is 2.24. The fourth-order valence-corrected chi connectivity index (χ4v) is 4.55. The van der Waals surface area contributed by atoms with Gasteiger partial charge >= 0.3 is 6.18 Å². The number of thiazole rings is 1. The van der Waals surface area contributed by atoms with E-state index in [1.54, 1.807) is 11.8 Å². The Morgan fingerprint density at radius 3 is 2.47 bits per heavy atom. The lowest BCUT2D eigenvalue weighted by Gasteiger charge is -2.20. The van der Waals surface area contributed by atoms with Crippen molar-refractivity contribution >= 4 is 23.1 Å². The van der Waals surface area contributed by atoms with E-state index >= 15 is 0 Å². The van der Waals surface area contributed by atoms with Crippen LogP contribution in [0, 0.1) is 0 Å². The summed E-state index contributed by atoms with van der Waals surface area (Å²) in [4.78, 5) is 3.87. The van der Waals surface area contributed by atoms with Crippen molar-refractivity contribution in [2.75, 3.05) is 0 Å². The molecule has 2 N–H and O–H groups in total. The van der Waals surface area contributed by atoms with E-state index in [9.17, 15) is 13.2 Å². The van der Waals surface area contributed by atoms with Crippen molar-refractivity contribution in [1.29, 1.82) is 0 Å². The van der Waals surface area contributed by atoms with E-state index in [4.69, 9.17) is 5.73 Å². The molecule has 108 valence electrons. The molecule has 0 bridgehead atoms. The lowest BCUT2D eigenvalue weighted by atomic mass is 10.0. The molecular formula is C12H17F3N2S2. The first-order chi connectivity index (χ1) is 9.00. The lowest BCUT2D eigenvalue weighted by Crippen LogP contribution is -2.11. The van der Waals surface area contributed by atoms with Gasteiger partial charge in [0.05, 0.1) is 4.88 Å². The van der Waals surface area contributed by atoms with Gasteiger partial charge in [-0.2, -0.15) is 24.9 Å². The number of hydrogen-bond donors (Lipinski definition) is 1. The maximum absolute atomic E-state index is 12.7. The molecule has 19 heavy (non-hydrogen) atoms. The van der Waals surface area contributed by atoms with Crippen molar-refractivity contribution in [3.05, 3.63) is 15.6 Å². The predicted molar refractivity (Wildman–Crippen MR) is 73.2 cm³/mol. The second kappa shape index (κ2) is 6.45. The van der Waals surface area contributed by atoms with Gasteiger partial charge in [-0.25, -0.2) is 4.98 Å². The Labute approximate surface area is 119 Å². The summed E-state index contributed by atoms with van der Waals surface area (Å²) in [6, 6.07) is 0. The van der Waals surface area contributed by atoms with Crippen LogP contribution in [0.3, 0.4) is 0 Å².